The zero-order chi connectivity index (χ0) is 15.9. The Hall–Kier alpha value is -1.08. The van der Waals surface area contributed by atoms with E-state index in [9.17, 15) is 14.4 Å². The largest absolute Gasteiger partial charge is 0.481 e. The van der Waals surface area contributed by atoms with Crippen LogP contribution in [0.3, 0.4) is 0 Å². The van der Waals surface area contributed by atoms with Crippen molar-refractivity contribution in [2.45, 2.75) is 58.2 Å². The molecule has 3 N–H and O–H groups in total. The summed E-state index contributed by atoms with van der Waals surface area (Å²) in [5, 5.41) is 14.3. The molecule has 20 heavy (non-hydrogen) atoms. The minimum Gasteiger partial charge on any atom is -0.481 e. The molecule has 0 aromatic heterocycles. The molecular weight excluding hydrogens is 280 g/mol. The summed E-state index contributed by atoms with van der Waals surface area (Å²) in [5.41, 5.74) is -0.266. The van der Waals surface area contributed by atoms with E-state index in [4.69, 9.17) is 5.11 Å². The molecule has 0 aliphatic rings. The molecule has 0 spiro atoms. The molecule has 1 amide bonds. The van der Waals surface area contributed by atoms with Crippen molar-refractivity contribution in [2.24, 2.45) is 0 Å². The van der Waals surface area contributed by atoms with Gasteiger partial charge in [-0.25, -0.2) is 0 Å². The quantitative estimate of drug-likeness (QED) is 0.493. The van der Waals surface area contributed by atoms with Gasteiger partial charge in [0.2, 0.25) is 5.91 Å². The summed E-state index contributed by atoms with van der Waals surface area (Å²) in [4.78, 5) is 34.1. The lowest BCUT2D eigenvalue weighted by Gasteiger charge is -2.28. The predicted molar refractivity (Wildman–Crippen MR) is 80.0 cm³/mol. The van der Waals surface area contributed by atoms with Crippen molar-refractivity contribution in [3.05, 3.63) is 0 Å². The van der Waals surface area contributed by atoms with Gasteiger partial charge in [-0.1, -0.05) is 0 Å². The molecule has 0 aliphatic heterocycles. The van der Waals surface area contributed by atoms with Crippen LogP contribution in [0.1, 0.15) is 40.5 Å². The summed E-state index contributed by atoms with van der Waals surface area (Å²) in [7, 11) is 0. The first-order chi connectivity index (χ1) is 9.06. The van der Waals surface area contributed by atoms with E-state index < -0.39 is 18.1 Å². The van der Waals surface area contributed by atoms with Crippen molar-refractivity contribution in [1.29, 1.82) is 0 Å². The Bertz CT molecular complexity index is 366. The highest BCUT2D eigenvalue weighted by atomic mass is 32.1. The van der Waals surface area contributed by atoms with Gasteiger partial charge in [-0.15, -0.1) is 0 Å². The molecule has 2 unspecified atom stereocenters. The third kappa shape index (κ3) is 8.16. The van der Waals surface area contributed by atoms with E-state index in [2.05, 4.69) is 23.3 Å². The second-order valence-corrected chi connectivity index (χ2v) is 6.10. The second kappa shape index (κ2) is 8.26. The van der Waals surface area contributed by atoms with Crippen LogP contribution in [0, 0.1) is 0 Å². The number of amides is 1. The van der Waals surface area contributed by atoms with E-state index in [1.54, 1.807) is 0 Å². The molecule has 116 valence electrons. The van der Waals surface area contributed by atoms with Crippen molar-refractivity contribution >= 4 is 30.3 Å². The molecule has 0 radical (unpaired) electrons. The minimum atomic E-state index is -0.996. The summed E-state index contributed by atoms with van der Waals surface area (Å²) in [5.74, 6) is -1.31. The van der Waals surface area contributed by atoms with Gasteiger partial charge < -0.3 is 15.7 Å². The van der Waals surface area contributed by atoms with Gasteiger partial charge in [0.05, 0.1) is 12.1 Å². The summed E-state index contributed by atoms with van der Waals surface area (Å²) in [6.07, 6.45) is -0.0754. The smallest absolute Gasteiger partial charge is 0.303 e. The maximum atomic E-state index is 12.1. The number of aliphatic carboxylic acids is 1. The number of ketones is 1. The zero-order valence-corrected chi connectivity index (χ0v) is 13.3. The Labute approximate surface area is 125 Å². The van der Waals surface area contributed by atoms with E-state index in [0.29, 0.717) is 0 Å². The highest BCUT2D eigenvalue weighted by Gasteiger charge is 2.26. The van der Waals surface area contributed by atoms with E-state index in [1.807, 2.05) is 20.8 Å². The molecule has 0 heterocycles. The zero-order valence-electron chi connectivity index (χ0n) is 12.4. The number of carbonyl (C=O) groups is 3. The Morgan fingerprint density at radius 2 is 1.75 bits per heavy atom. The number of hydrogen-bond donors (Lipinski definition) is 4. The van der Waals surface area contributed by atoms with E-state index in [0.717, 1.165) is 0 Å². The van der Waals surface area contributed by atoms with Crippen LogP contribution < -0.4 is 10.6 Å². The number of Topliss-reactive ketones (excluding diaryl/α,β-unsaturated/α-hetero) is 1. The van der Waals surface area contributed by atoms with Gasteiger partial charge in [-0.2, -0.15) is 12.6 Å². The van der Waals surface area contributed by atoms with E-state index in [1.165, 1.54) is 6.92 Å². The lowest BCUT2D eigenvalue weighted by molar-refractivity contribution is -0.137. The van der Waals surface area contributed by atoms with Crippen LogP contribution in [0.25, 0.3) is 0 Å². The van der Waals surface area contributed by atoms with E-state index >= 15 is 0 Å². The van der Waals surface area contributed by atoms with Crippen LogP contribution >= 0.6 is 12.6 Å². The first-order valence-corrected chi connectivity index (χ1v) is 7.11. The van der Waals surface area contributed by atoms with Crippen LogP contribution in [-0.2, 0) is 14.4 Å². The standard InChI is InChI=1S/C13H24N2O4S/c1-8(16)9(5-6-11(17)18)14-12(19)10(7-20)15-13(2,3)4/h9-10,15,20H,5-7H2,1-4H3,(H,14,19)(H,17,18). The maximum absolute atomic E-state index is 12.1. The SMILES string of the molecule is CC(=O)C(CCC(=O)O)NC(=O)C(CS)NC(C)(C)C. The van der Waals surface area contributed by atoms with Gasteiger partial charge in [0.15, 0.2) is 5.78 Å². The number of hydrogen-bond acceptors (Lipinski definition) is 5. The van der Waals surface area contributed by atoms with Crippen LogP contribution in [0.5, 0.6) is 0 Å². The van der Waals surface area contributed by atoms with Crippen molar-refractivity contribution in [3.63, 3.8) is 0 Å². The fraction of sp³-hybridized carbons (Fsp3) is 0.769. The number of carboxylic acids is 1. The normalized spacial score (nSPS) is 14.4. The van der Waals surface area contributed by atoms with E-state index in [-0.39, 0.29) is 35.8 Å². The minimum absolute atomic E-state index is 0.0885. The van der Waals surface area contributed by atoms with Gasteiger partial charge in [0.1, 0.15) is 0 Å². The van der Waals surface area contributed by atoms with Crippen molar-refractivity contribution < 1.29 is 19.5 Å². The van der Waals surface area contributed by atoms with Gasteiger partial charge in [-0.05, 0) is 34.1 Å². The molecule has 0 saturated heterocycles. The maximum Gasteiger partial charge on any atom is 0.303 e. The molecule has 7 heteroatoms. The molecule has 0 aromatic carbocycles. The molecular formula is C13H24N2O4S. The average molecular weight is 304 g/mol. The summed E-state index contributed by atoms with van der Waals surface area (Å²) >= 11 is 4.12. The highest BCUT2D eigenvalue weighted by molar-refractivity contribution is 7.80. The van der Waals surface area contributed by atoms with Crippen LogP contribution in [0.15, 0.2) is 0 Å². The summed E-state index contributed by atoms with van der Waals surface area (Å²) < 4.78 is 0. The Morgan fingerprint density at radius 1 is 1.20 bits per heavy atom. The molecule has 0 bridgehead atoms. The molecule has 0 aromatic rings. The molecule has 2 atom stereocenters. The number of carboxylic acid groups (broad SMARTS) is 1. The fourth-order valence-corrected chi connectivity index (χ4v) is 1.89. The number of thiol groups is 1. The predicted octanol–water partition coefficient (Wildman–Crippen LogP) is 0.612. The monoisotopic (exact) mass is 304 g/mol. The van der Waals surface area contributed by atoms with Gasteiger partial charge in [-0.3, -0.25) is 14.4 Å². The molecule has 0 saturated carbocycles. The average Bonchev–Trinajstić information content (AvgIpc) is 2.29. The number of nitrogens with one attached hydrogen (secondary N) is 2. The number of carbonyl (C=O) groups excluding carboxylic acids is 2. The lowest BCUT2D eigenvalue weighted by atomic mass is 10.1. The molecule has 0 aliphatic carbocycles. The van der Waals surface area contributed by atoms with Crippen LogP contribution in [-0.4, -0.2) is 46.1 Å². The molecule has 0 rings (SSSR count). The lowest BCUT2D eigenvalue weighted by Crippen LogP contribution is -2.55. The first kappa shape index (κ1) is 18.9. The molecule has 6 nitrogen and oxygen atoms in total. The summed E-state index contributed by atoms with van der Waals surface area (Å²) in [6.45, 7) is 7.09. The van der Waals surface area contributed by atoms with Gasteiger partial charge >= 0.3 is 5.97 Å². The Balaban J connectivity index is 4.64. The Morgan fingerprint density at radius 3 is 2.10 bits per heavy atom. The third-order valence-electron chi connectivity index (χ3n) is 2.56. The van der Waals surface area contributed by atoms with Crippen molar-refractivity contribution in [1.82, 2.24) is 10.6 Å². The van der Waals surface area contributed by atoms with Crippen LogP contribution in [0.4, 0.5) is 0 Å². The number of rotatable bonds is 8. The second-order valence-electron chi connectivity index (χ2n) is 5.73. The summed E-state index contributed by atoms with van der Waals surface area (Å²) in [6, 6.07) is -1.31. The van der Waals surface area contributed by atoms with Crippen molar-refractivity contribution in [2.75, 3.05) is 5.75 Å². The fourth-order valence-electron chi connectivity index (χ4n) is 1.63. The van der Waals surface area contributed by atoms with Gasteiger partial charge in [0.25, 0.3) is 0 Å². The molecule has 0 fully saturated rings. The van der Waals surface area contributed by atoms with Crippen LogP contribution in [0.2, 0.25) is 0 Å². The highest BCUT2D eigenvalue weighted by Crippen LogP contribution is 2.05. The van der Waals surface area contributed by atoms with Gasteiger partial charge in [0, 0.05) is 17.7 Å². The first-order valence-electron chi connectivity index (χ1n) is 6.48. The van der Waals surface area contributed by atoms with Crippen molar-refractivity contribution in [3.8, 4) is 0 Å². The Kier molecular flexibility index (Phi) is 7.82. The topological polar surface area (TPSA) is 95.5 Å². The third-order valence-corrected chi connectivity index (χ3v) is 2.93.